The maximum atomic E-state index is 11.8. The molecule has 0 saturated heterocycles. The number of pyridine rings is 1. The first-order valence-electron chi connectivity index (χ1n) is 6.76. The summed E-state index contributed by atoms with van der Waals surface area (Å²) in [5.74, 6) is 1.10. The normalized spacial score (nSPS) is 10.2. The smallest absolute Gasteiger partial charge is 0.228 e. The molecule has 0 radical (unpaired) electrons. The minimum absolute atomic E-state index is 0.128. The van der Waals surface area contributed by atoms with Crippen LogP contribution >= 0.6 is 0 Å². The van der Waals surface area contributed by atoms with E-state index in [1.165, 1.54) is 0 Å². The lowest BCUT2D eigenvalue weighted by Gasteiger charge is -2.08. The molecular formula is C16H19N3O2. The summed E-state index contributed by atoms with van der Waals surface area (Å²) in [4.78, 5) is 16.1. The van der Waals surface area contributed by atoms with Crippen LogP contribution in [0.2, 0.25) is 0 Å². The number of aryl methyl sites for hydroxylation is 2. The molecule has 0 fully saturated rings. The molecule has 1 heterocycles. The summed E-state index contributed by atoms with van der Waals surface area (Å²) in [6, 6.07) is 10.9. The van der Waals surface area contributed by atoms with Crippen molar-refractivity contribution in [1.82, 2.24) is 4.98 Å². The topological polar surface area (TPSA) is 77.2 Å². The number of nitrogens with one attached hydrogen (secondary N) is 1. The van der Waals surface area contributed by atoms with E-state index < -0.39 is 0 Å². The zero-order valence-corrected chi connectivity index (χ0v) is 12.2. The van der Waals surface area contributed by atoms with E-state index in [2.05, 4.69) is 10.3 Å². The number of aromatic nitrogens is 1. The zero-order valence-electron chi connectivity index (χ0n) is 12.2. The third-order valence-electron chi connectivity index (χ3n) is 2.82. The van der Waals surface area contributed by atoms with Gasteiger partial charge in [0.15, 0.2) is 0 Å². The Hall–Kier alpha value is -2.56. The minimum atomic E-state index is -0.128. The van der Waals surface area contributed by atoms with Gasteiger partial charge in [-0.2, -0.15) is 0 Å². The van der Waals surface area contributed by atoms with Crippen LogP contribution in [0, 0.1) is 13.8 Å². The summed E-state index contributed by atoms with van der Waals surface area (Å²) in [5, 5.41) is 2.77. The second kappa shape index (κ2) is 6.74. The number of carbonyl (C=O) groups is 1. The van der Waals surface area contributed by atoms with Crippen LogP contribution in [0.25, 0.3) is 0 Å². The van der Waals surface area contributed by atoms with Gasteiger partial charge in [0.2, 0.25) is 5.91 Å². The van der Waals surface area contributed by atoms with E-state index in [1.54, 1.807) is 18.2 Å². The Balaban J connectivity index is 1.82. The maximum absolute atomic E-state index is 11.8. The number of anilines is 2. The van der Waals surface area contributed by atoms with Gasteiger partial charge in [0, 0.05) is 17.4 Å². The standard InChI is InChI=1S/C16H19N3O2/c1-11-8-12(2)18-15(9-11)19-16(20)6-7-21-14-5-3-4-13(17)10-14/h3-5,8-10H,6-7,17H2,1-2H3,(H,18,19,20). The third-order valence-corrected chi connectivity index (χ3v) is 2.82. The molecule has 0 bridgehead atoms. The Bertz CT molecular complexity index is 621. The van der Waals surface area contributed by atoms with Gasteiger partial charge in [0.05, 0.1) is 13.0 Å². The number of nitrogen functional groups attached to an aromatic ring is 1. The molecular weight excluding hydrogens is 266 g/mol. The average molecular weight is 285 g/mol. The lowest BCUT2D eigenvalue weighted by atomic mass is 10.2. The van der Waals surface area contributed by atoms with E-state index in [-0.39, 0.29) is 12.3 Å². The van der Waals surface area contributed by atoms with Crippen LogP contribution < -0.4 is 15.8 Å². The highest BCUT2D eigenvalue weighted by atomic mass is 16.5. The molecule has 1 amide bonds. The summed E-state index contributed by atoms with van der Waals surface area (Å²) in [6.45, 7) is 4.15. The van der Waals surface area contributed by atoms with Crippen molar-refractivity contribution in [3.63, 3.8) is 0 Å². The minimum Gasteiger partial charge on any atom is -0.493 e. The fraction of sp³-hybridized carbons (Fsp3) is 0.250. The van der Waals surface area contributed by atoms with Gasteiger partial charge in [-0.25, -0.2) is 4.98 Å². The quantitative estimate of drug-likeness (QED) is 0.828. The molecule has 2 aromatic rings. The molecule has 0 spiro atoms. The highest BCUT2D eigenvalue weighted by Gasteiger charge is 2.05. The van der Waals surface area contributed by atoms with Crippen LogP contribution in [0.5, 0.6) is 5.75 Å². The van der Waals surface area contributed by atoms with Gasteiger partial charge in [-0.15, -0.1) is 0 Å². The van der Waals surface area contributed by atoms with E-state index in [1.807, 2.05) is 32.0 Å². The van der Waals surface area contributed by atoms with E-state index in [9.17, 15) is 4.79 Å². The van der Waals surface area contributed by atoms with Crippen LogP contribution in [-0.4, -0.2) is 17.5 Å². The van der Waals surface area contributed by atoms with E-state index in [0.29, 0.717) is 23.9 Å². The first-order valence-corrected chi connectivity index (χ1v) is 6.76. The van der Waals surface area contributed by atoms with Gasteiger partial charge < -0.3 is 15.8 Å². The van der Waals surface area contributed by atoms with Crippen LogP contribution in [0.3, 0.4) is 0 Å². The second-order valence-corrected chi connectivity index (χ2v) is 4.89. The lowest BCUT2D eigenvalue weighted by molar-refractivity contribution is -0.116. The first-order chi connectivity index (χ1) is 10.0. The van der Waals surface area contributed by atoms with Gasteiger partial charge in [-0.05, 0) is 43.7 Å². The van der Waals surface area contributed by atoms with E-state index >= 15 is 0 Å². The van der Waals surface area contributed by atoms with Gasteiger partial charge in [-0.1, -0.05) is 6.07 Å². The SMILES string of the molecule is Cc1cc(C)nc(NC(=O)CCOc2cccc(N)c2)c1. The summed E-state index contributed by atoms with van der Waals surface area (Å²) in [7, 11) is 0. The van der Waals surface area contributed by atoms with Crippen molar-refractivity contribution in [2.45, 2.75) is 20.3 Å². The van der Waals surface area contributed by atoms with Crippen molar-refractivity contribution in [3.05, 3.63) is 47.7 Å². The zero-order chi connectivity index (χ0) is 15.2. The van der Waals surface area contributed by atoms with Crippen LogP contribution in [-0.2, 0) is 4.79 Å². The predicted molar refractivity (Wildman–Crippen MR) is 83.3 cm³/mol. The third kappa shape index (κ3) is 4.80. The summed E-state index contributed by atoms with van der Waals surface area (Å²) < 4.78 is 5.48. The number of amides is 1. The van der Waals surface area contributed by atoms with Crippen molar-refractivity contribution in [2.75, 3.05) is 17.7 Å². The van der Waals surface area contributed by atoms with Crippen LogP contribution in [0.15, 0.2) is 36.4 Å². The number of ether oxygens (including phenoxy) is 1. The molecule has 0 aliphatic rings. The average Bonchev–Trinajstić information content (AvgIpc) is 2.37. The molecule has 0 aliphatic heterocycles. The Morgan fingerprint density at radius 1 is 1.29 bits per heavy atom. The molecule has 0 saturated carbocycles. The highest BCUT2D eigenvalue weighted by Crippen LogP contribution is 2.14. The molecule has 3 N–H and O–H groups in total. The highest BCUT2D eigenvalue weighted by molar-refractivity contribution is 5.89. The molecule has 0 unspecified atom stereocenters. The Labute approximate surface area is 124 Å². The van der Waals surface area contributed by atoms with E-state index in [0.717, 1.165) is 11.3 Å². The number of hydrogen-bond acceptors (Lipinski definition) is 4. The molecule has 1 aromatic heterocycles. The Morgan fingerprint density at radius 3 is 2.81 bits per heavy atom. The fourth-order valence-corrected chi connectivity index (χ4v) is 1.98. The summed E-state index contributed by atoms with van der Waals surface area (Å²) in [6.07, 6.45) is 0.253. The van der Waals surface area contributed by atoms with Gasteiger partial charge in [-0.3, -0.25) is 4.79 Å². The largest absolute Gasteiger partial charge is 0.493 e. The van der Waals surface area contributed by atoms with Crippen molar-refractivity contribution < 1.29 is 9.53 Å². The number of hydrogen-bond donors (Lipinski definition) is 2. The number of nitrogens with two attached hydrogens (primary N) is 1. The predicted octanol–water partition coefficient (Wildman–Crippen LogP) is 2.69. The lowest BCUT2D eigenvalue weighted by Crippen LogP contribution is -2.16. The molecule has 5 nitrogen and oxygen atoms in total. The summed E-state index contributed by atoms with van der Waals surface area (Å²) in [5.41, 5.74) is 8.23. The van der Waals surface area contributed by atoms with E-state index in [4.69, 9.17) is 10.5 Å². The monoisotopic (exact) mass is 285 g/mol. The Kier molecular flexibility index (Phi) is 4.77. The molecule has 2 rings (SSSR count). The molecule has 110 valence electrons. The molecule has 1 aromatic carbocycles. The Morgan fingerprint density at radius 2 is 2.10 bits per heavy atom. The number of rotatable bonds is 5. The van der Waals surface area contributed by atoms with Gasteiger partial charge >= 0.3 is 0 Å². The van der Waals surface area contributed by atoms with Crippen LogP contribution in [0.1, 0.15) is 17.7 Å². The number of carbonyl (C=O) groups excluding carboxylic acids is 1. The fourth-order valence-electron chi connectivity index (χ4n) is 1.98. The van der Waals surface area contributed by atoms with Gasteiger partial charge in [0.1, 0.15) is 11.6 Å². The molecule has 21 heavy (non-hydrogen) atoms. The van der Waals surface area contributed by atoms with Crippen molar-refractivity contribution in [2.24, 2.45) is 0 Å². The molecule has 0 atom stereocenters. The molecule has 0 aliphatic carbocycles. The van der Waals surface area contributed by atoms with Gasteiger partial charge in [0.25, 0.3) is 0 Å². The number of benzene rings is 1. The maximum Gasteiger partial charge on any atom is 0.228 e. The first kappa shape index (κ1) is 14.8. The summed E-state index contributed by atoms with van der Waals surface area (Å²) >= 11 is 0. The molecule has 5 heteroatoms. The van der Waals surface area contributed by atoms with Crippen LogP contribution in [0.4, 0.5) is 11.5 Å². The van der Waals surface area contributed by atoms with Crippen molar-refractivity contribution >= 4 is 17.4 Å². The van der Waals surface area contributed by atoms with Crippen molar-refractivity contribution in [1.29, 1.82) is 0 Å². The second-order valence-electron chi connectivity index (χ2n) is 4.89. The van der Waals surface area contributed by atoms with Crippen molar-refractivity contribution in [3.8, 4) is 5.75 Å². The number of nitrogens with zero attached hydrogens (tertiary/aromatic N) is 1.